The maximum atomic E-state index is 13.0. The fourth-order valence-electron chi connectivity index (χ4n) is 2.93. The molecule has 0 spiro atoms. The predicted molar refractivity (Wildman–Crippen MR) is 120 cm³/mol. The molecule has 8 heteroatoms. The zero-order valence-electron chi connectivity index (χ0n) is 16.2. The van der Waals surface area contributed by atoms with Gasteiger partial charge in [0.2, 0.25) is 0 Å². The molecule has 30 heavy (non-hydrogen) atoms. The number of hydrogen-bond donors (Lipinski definition) is 1. The molecule has 4 amide bonds. The van der Waals surface area contributed by atoms with Crippen molar-refractivity contribution in [1.29, 1.82) is 0 Å². The van der Waals surface area contributed by atoms with Gasteiger partial charge in [-0.05, 0) is 64.9 Å². The Morgan fingerprint density at radius 2 is 1.97 bits per heavy atom. The number of anilines is 1. The molecule has 0 saturated carbocycles. The first kappa shape index (κ1) is 21.4. The number of nitrogens with zero attached hydrogens (tertiary/aromatic N) is 1. The standard InChI is InChI=1S/C22H17IN2O5/c1-4-9-30-19-16(23)11-14(12-18(19)29-3)10-15-20(26)24-22(28)25(21(15)27)17-8-6-5-7-13(17)2/h1,5-8,10-12H,9H2,2-3H3,(H,24,26,28)/b15-10+. The van der Waals surface area contributed by atoms with E-state index in [-0.39, 0.29) is 12.2 Å². The van der Waals surface area contributed by atoms with Crippen LogP contribution in [0.15, 0.2) is 42.0 Å². The average molecular weight is 516 g/mol. The molecule has 0 unspecified atom stereocenters. The Kier molecular flexibility index (Phi) is 6.42. The molecule has 2 aromatic rings. The summed E-state index contributed by atoms with van der Waals surface area (Å²) in [6, 6.07) is 9.48. The molecule has 0 aliphatic carbocycles. The Morgan fingerprint density at radius 3 is 2.63 bits per heavy atom. The number of aryl methyl sites for hydroxylation is 1. The number of carbonyl (C=O) groups is 3. The lowest BCUT2D eigenvalue weighted by atomic mass is 10.1. The summed E-state index contributed by atoms with van der Waals surface area (Å²) in [6.45, 7) is 1.85. The van der Waals surface area contributed by atoms with E-state index in [1.807, 2.05) is 22.6 Å². The SMILES string of the molecule is C#CCOc1c(I)cc(/C=C2\C(=O)NC(=O)N(c3ccccc3C)C2=O)cc1OC. The second-order valence-electron chi connectivity index (χ2n) is 6.27. The van der Waals surface area contributed by atoms with Crippen LogP contribution in [0.2, 0.25) is 0 Å². The molecule has 0 atom stereocenters. The van der Waals surface area contributed by atoms with Crippen molar-refractivity contribution in [2.45, 2.75) is 6.92 Å². The second-order valence-corrected chi connectivity index (χ2v) is 7.43. The molecule has 152 valence electrons. The summed E-state index contributed by atoms with van der Waals surface area (Å²) in [5, 5.41) is 2.22. The van der Waals surface area contributed by atoms with Crippen molar-refractivity contribution in [3.05, 3.63) is 56.7 Å². The van der Waals surface area contributed by atoms with Crippen LogP contribution in [0.1, 0.15) is 11.1 Å². The summed E-state index contributed by atoms with van der Waals surface area (Å²) in [5.74, 6) is 1.78. The van der Waals surface area contributed by atoms with Crippen molar-refractivity contribution in [2.75, 3.05) is 18.6 Å². The van der Waals surface area contributed by atoms with Gasteiger partial charge < -0.3 is 9.47 Å². The molecule has 0 radical (unpaired) electrons. The van der Waals surface area contributed by atoms with Gasteiger partial charge in [-0.25, -0.2) is 9.69 Å². The Morgan fingerprint density at radius 1 is 1.23 bits per heavy atom. The zero-order valence-corrected chi connectivity index (χ0v) is 18.3. The van der Waals surface area contributed by atoms with E-state index in [4.69, 9.17) is 15.9 Å². The van der Waals surface area contributed by atoms with Gasteiger partial charge in [0.25, 0.3) is 11.8 Å². The zero-order chi connectivity index (χ0) is 21.8. The van der Waals surface area contributed by atoms with E-state index in [1.54, 1.807) is 43.3 Å². The van der Waals surface area contributed by atoms with Gasteiger partial charge in [0, 0.05) is 0 Å². The summed E-state index contributed by atoms with van der Waals surface area (Å²) in [5.41, 5.74) is 1.49. The molecule has 7 nitrogen and oxygen atoms in total. The number of rotatable bonds is 5. The first-order valence-corrected chi connectivity index (χ1v) is 9.86. The summed E-state index contributed by atoms with van der Waals surface area (Å²) < 4.78 is 11.5. The largest absolute Gasteiger partial charge is 0.493 e. The number of para-hydroxylation sites is 1. The van der Waals surface area contributed by atoms with Crippen molar-refractivity contribution in [2.24, 2.45) is 0 Å². The van der Waals surface area contributed by atoms with Crippen LogP contribution in [0.5, 0.6) is 11.5 Å². The third kappa shape index (κ3) is 4.16. The fourth-order valence-corrected chi connectivity index (χ4v) is 3.72. The number of ether oxygens (including phenoxy) is 2. The number of benzene rings is 2. The van der Waals surface area contributed by atoms with Crippen molar-refractivity contribution in [1.82, 2.24) is 5.32 Å². The minimum atomic E-state index is -0.790. The molecular formula is C22H17IN2O5. The lowest BCUT2D eigenvalue weighted by molar-refractivity contribution is -0.122. The van der Waals surface area contributed by atoms with Crippen LogP contribution < -0.4 is 19.7 Å². The summed E-state index contributed by atoms with van der Waals surface area (Å²) in [7, 11) is 1.47. The van der Waals surface area contributed by atoms with Crippen LogP contribution in [0.3, 0.4) is 0 Å². The number of amides is 4. The number of barbiturate groups is 1. The van der Waals surface area contributed by atoms with Gasteiger partial charge >= 0.3 is 6.03 Å². The van der Waals surface area contributed by atoms with Gasteiger partial charge in [-0.3, -0.25) is 14.9 Å². The lowest BCUT2D eigenvalue weighted by Crippen LogP contribution is -2.54. The Balaban J connectivity index is 2.04. The number of methoxy groups -OCH3 is 1. The van der Waals surface area contributed by atoms with E-state index < -0.39 is 17.8 Å². The third-order valence-electron chi connectivity index (χ3n) is 4.32. The minimum absolute atomic E-state index is 0.0706. The molecule has 0 bridgehead atoms. The van der Waals surface area contributed by atoms with Gasteiger partial charge in [0.1, 0.15) is 12.2 Å². The van der Waals surface area contributed by atoms with Crippen LogP contribution in [0, 0.1) is 22.8 Å². The van der Waals surface area contributed by atoms with E-state index in [0.29, 0.717) is 26.3 Å². The van der Waals surface area contributed by atoms with Crippen LogP contribution in [-0.2, 0) is 9.59 Å². The van der Waals surface area contributed by atoms with Crippen LogP contribution in [0.4, 0.5) is 10.5 Å². The monoisotopic (exact) mass is 516 g/mol. The normalized spacial score (nSPS) is 15.1. The van der Waals surface area contributed by atoms with Gasteiger partial charge in [0.05, 0.1) is 16.4 Å². The van der Waals surface area contributed by atoms with Crippen LogP contribution in [0.25, 0.3) is 6.08 Å². The van der Waals surface area contributed by atoms with Gasteiger partial charge in [0.15, 0.2) is 11.5 Å². The van der Waals surface area contributed by atoms with Crippen molar-refractivity contribution >= 4 is 52.2 Å². The second kappa shape index (κ2) is 9.00. The van der Waals surface area contributed by atoms with Gasteiger partial charge in [-0.1, -0.05) is 24.1 Å². The quantitative estimate of drug-likeness (QED) is 0.286. The van der Waals surface area contributed by atoms with E-state index in [1.165, 1.54) is 13.2 Å². The highest BCUT2D eigenvalue weighted by atomic mass is 127. The van der Waals surface area contributed by atoms with Crippen molar-refractivity contribution in [3.63, 3.8) is 0 Å². The molecule has 3 rings (SSSR count). The van der Waals surface area contributed by atoms with E-state index in [2.05, 4.69) is 11.2 Å². The van der Waals surface area contributed by atoms with Crippen LogP contribution in [-0.4, -0.2) is 31.6 Å². The number of hydrogen-bond acceptors (Lipinski definition) is 5. The first-order valence-electron chi connectivity index (χ1n) is 8.78. The summed E-state index contributed by atoms with van der Waals surface area (Å²) >= 11 is 2.05. The Hall–Kier alpha value is -3.32. The average Bonchev–Trinajstić information content (AvgIpc) is 2.71. The number of nitrogens with one attached hydrogen (secondary N) is 1. The highest BCUT2D eigenvalue weighted by Crippen LogP contribution is 2.35. The molecule has 0 aromatic heterocycles. The molecule has 1 heterocycles. The first-order chi connectivity index (χ1) is 14.4. The molecule has 1 saturated heterocycles. The fraction of sp³-hybridized carbons (Fsp3) is 0.136. The maximum absolute atomic E-state index is 13.0. The van der Waals surface area contributed by atoms with Crippen molar-refractivity contribution in [3.8, 4) is 23.8 Å². The smallest absolute Gasteiger partial charge is 0.335 e. The molecular weight excluding hydrogens is 499 g/mol. The number of carbonyl (C=O) groups excluding carboxylic acids is 3. The van der Waals surface area contributed by atoms with E-state index >= 15 is 0 Å². The van der Waals surface area contributed by atoms with E-state index in [0.717, 1.165) is 10.5 Å². The number of halogens is 1. The molecule has 1 aliphatic heterocycles. The lowest BCUT2D eigenvalue weighted by Gasteiger charge is -2.27. The van der Waals surface area contributed by atoms with Crippen molar-refractivity contribution < 1.29 is 23.9 Å². The summed E-state index contributed by atoms with van der Waals surface area (Å²) in [6.07, 6.45) is 6.65. The Bertz CT molecular complexity index is 1120. The van der Waals surface area contributed by atoms with Gasteiger partial charge in [-0.15, -0.1) is 6.42 Å². The number of urea groups is 1. The molecule has 2 aromatic carbocycles. The third-order valence-corrected chi connectivity index (χ3v) is 5.12. The van der Waals surface area contributed by atoms with Crippen LogP contribution >= 0.6 is 22.6 Å². The maximum Gasteiger partial charge on any atom is 0.335 e. The Labute approximate surface area is 187 Å². The molecule has 1 aliphatic rings. The minimum Gasteiger partial charge on any atom is -0.493 e. The summed E-state index contributed by atoms with van der Waals surface area (Å²) in [4.78, 5) is 38.8. The van der Waals surface area contributed by atoms with E-state index in [9.17, 15) is 14.4 Å². The number of imide groups is 2. The topological polar surface area (TPSA) is 84.9 Å². The van der Waals surface area contributed by atoms with Gasteiger partial charge in [-0.2, -0.15) is 0 Å². The molecule has 1 fully saturated rings. The predicted octanol–water partition coefficient (Wildman–Crippen LogP) is 3.29. The highest BCUT2D eigenvalue weighted by Gasteiger charge is 2.37. The molecule has 1 N–H and O–H groups in total. The highest BCUT2D eigenvalue weighted by molar-refractivity contribution is 14.1. The number of terminal acetylenes is 1.